The highest BCUT2D eigenvalue weighted by Gasteiger charge is 2.43. The summed E-state index contributed by atoms with van der Waals surface area (Å²) in [5, 5.41) is 2.69. The summed E-state index contributed by atoms with van der Waals surface area (Å²) in [6, 6.07) is -3.59. The maximum absolute atomic E-state index is 13.5. The quantitative estimate of drug-likeness (QED) is 0.425. The maximum Gasteiger partial charge on any atom is 0.328 e. The summed E-state index contributed by atoms with van der Waals surface area (Å²) >= 11 is 0. The van der Waals surface area contributed by atoms with E-state index in [1.54, 1.807) is 19.0 Å². The molecule has 4 amide bonds. The van der Waals surface area contributed by atoms with Gasteiger partial charge in [-0.2, -0.15) is 0 Å². The topological polar surface area (TPSA) is 146 Å². The first kappa shape index (κ1) is 30.3. The van der Waals surface area contributed by atoms with Gasteiger partial charge in [-0.25, -0.2) is 4.79 Å². The number of nitrogens with zero attached hydrogens (tertiary/aromatic N) is 4. The highest BCUT2D eigenvalue weighted by molar-refractivity contribution is 5.95. The maximum atomic E-state index is 13.5. The largest absolute Gasteiger partial charge is 0.465 e. The van der Waals surface area contributed by atoms with E-state index in [9.17, 15) is 28.8 Å². The molecule has 3 heterocycles. The molecule has 13 heteroatoms. The van der Waals surface area contributed by atoms with Crippen LogP contribution < -0.4 is 5.32 Å². The van der Waals surface area contributed by atoms with Gasteiger partial charge < -0.3 is 29.5 Å². The number of nitrogens with one attached hydrogen (secondary N) is 1. The zero-order chi connectivity index (χ0) is 28.9. The van der Waals surface area contributed by atoms with Crippen molar-refractivity contribution in [3.05, 3.63) is 0 Å². The van der Waals surface area contributed by atoms with Gasteiger partial charge in [0, 0.05) is 26.6 Å². The monoisotopic (exact) mass is 551 g/mol. The molecule has 3 aliphatic heterocycles. The highest BCUT2D eigenvalue weighted by atomic mass is 16.5. The Bertz CT molecular complexity index is 972. The van der Waals surface area contributed by atoms with E-state index in [0.29, 0.717) is 32.4 Å². The number of cyclic esters (lactones) is 1. The number of ether oxygens (including phenoxy) is 2. The molecule has 0 saturated carbocycles. The fourth-order valence-electron chi connectivity index (χ4n) is 5.41. The number of hydrogen-bond donors (Lipinski definition) is 1. The van der Waals surface area contributed by atoms with Gasteiger partial charge in [0.15, 0.2) is 0 Å². The third kappa shape index (κ3) is 7.46. The molecule has 0 radical (unpaired) electrons. The summed E-state index contributed by atoms with van der Waals surface area (Å²) in [6.45, 7) is 3.97. The predicted molar refractivity (Wildman–Crippen MR) is 138 cm³/mol. The van der Waals surface area contributed by atoms with E-state index in [1.165, 1.54) is 28.7 Å². The van der Waals surface area contributed by atoms with Crippen LogP contribution >= 0.6 is 0 Å². The van der Waals surface area contributed by atoms with Crippen LogP contribution in [-0.4, -0.2) is 133 Å². The van der Waals surface area contributed by atoms with Crippen LogP contribution in [0.2, 0.25) is 0 Å². The van der Waals surface area contributed by atoms with Gasteiger partial charge in [-0.15, -0.1) is 0 Å². The van der Waals surface area contributed by atoms with E-state index in [0.717, 1.165) is 0 Å². The second-order valence-corrected chi connectivity index (χ2v) is 11.0. The molecule has 0 aromatic carbocycles. The van der Waals surface area contributed by atoms with Gasteiger partial charge in [0.05, 0.1) is 19.6 Å². The minimum absolute atomic E-state index is 0.00448. The first-order chi connectivity index (χ1) is 18.4. The number of rotatable bonds is 5. The molecule has 39 heavy (non-hydrogen) atoms. The average molecular weight is 552 g/mol. The van der Waals surface area contributed by atoms with Crippen LogP contribution in [0, 0.1) is 5.92 Å². The van der Waals surface area contributed by atoms with Crippen LogP contribution in [0.25, 0.3) is 0 Å². The Labute approximate surface area is 229 Å². The van der Waals surface area contributed by atoms with E-state index >= 15 is 0 Å². The Morgan fingerprint density at radius 3 is 2.49 bits per heavy atom. The molecule has 3 fully saturated rings. The molecule has 5 atom stereocenters. The molecule has 0 aromatic heterocycles. The minimum Gasteiger partial charge on any atom is -0.465 e. The first-order valence-corrected chi connectivity index (χ1v) is 13.5. The smallest absolute Gasteiger partial charge is 0.328 e. The fraction of sp³-hybridized carbons (Fsp3) is 0.769. The second kappa shape index (κ2) is 13.2. The summed E-state index contributed by atoms with van der Waals surface area (Å²) in [5.41, 5.74) is 0. The Balaban J connectivity index is 1.86. The van der Waals surface area contributed by atoms with Crippen LogP contribution in [0.3, 0.4) is 0 Å². The van der Waals surface area contributed by atoms with Crippen LogP contribution in [0.15, 0.2) is 0 Å². The zero-order valence-corrected chi connectivity index (χ0v) is 23.5. The number of hydrogen-bond acceptors (Lipinski definition) is 9. The molecule has 13 nitrogen and oxygen atoms in total. The van der Waals surface area contributed by atoms with E-state index in [4.69, 9.17) is 9.47 Å². The molecule has 0 aromatic rings. The highest BCUT2D eigenvalue weighted by Crippen LogP contribution is 2.26. The van der Waals surface area contributed by atoms with Crippen molar-refractivity contribution in [2.45, 2.75) is 70.1 Å². The molecule has 3 aliphatic rings. The second-order valence-electron chi connectivity index (χ2n) is 11.0. The molecule has 0 aliphatic carbocycles. The molecule has 1 N–H and O–H groups in total. The number of fused-ring (bicyclic) bond motifs is 2. The van der Waals surface area contributed by atoms with E-state index in [1.807, 2.05) is 6.92 Å². The summed E-state index contributed by atoms with van der Waals surface area (Å²) in [6.07, 6.45) is 1.40. The number of carbonyl (C=O) groups excluding carboxylic acids is 6. The third-order valence-electron chi connectivity index (χ3n) is 7.43. The van der Waals surface area contributed by atoms with Crippen molar-refractivity contribution in [2.75, 3.05) is 54.0 Å². The Hall–Kier alpha value is -3.22. The summed E-state index contributed by atoms with van der Waals surface area (Å²) < 4.78 is 10.6. The van der Waals surface area contributed by atoms with Crippen LogP contribution in [0.1, 0.15) is 46.0 Å². The SMILES string of the molecule is CC1CC2C(=O)OCCC(=O)N3CCCC3C(=O)N(C)C(CCOC(=O)CN(C)C)C(=O)NC(C)C(=O)N2C1. The number of likely N-dealkylation sites (N-methyl/N-ethyl adjacent to an activating group) is 2. The average Bonchev–Trinajstić information content (AvgIpc) is 3.51. The van der Waals surface area contributed by atoms with Gasteiger partial charge in [-0.3, -0.25) is 28.9 Å². The standard InChI is InChI=1S/C26H41N5O8/c1-16-13-20-26(37)39-12-9-21(32)30-10-6-7-19(30)25(36)29(5)18(8-11-38-22(33)15-28(3)4)23(34)27-17(2)24(35)31(20)14-16/h16-20H,6-15H2,1-5H3,(H,27,34). The van der Waals surface area contributed by atoms with Crippen LogP contribution in [0.5, 0.6) is 0 Å². The van der Waals surface area contributed by atoms with Gasteiger partial charge in [-0.05, 0) is 46.2 Å². The van der Waals surface area contributed by atoms with Crippen LogP contribution in [-0.2, 0) is 38.2 Å². The van der Waals surface area contributed by atoms with Gasteiger partial charge in [0.25, 0.3) is 0 Å². The fourth-order valence-corrected chi connectivity index (χ4v) is 5.41. The van der Waals surface area contributed by atoms with Crippen molar-refractivity contribution >= 4 is 35.6 Å². The Morgan fingerprint density at radius 1 is 1.08 bits per heavy atom. The van der Waals surface area contributed by atoms with E-state index in [-0.39, 0.29) is 44.4 Å². The lowest BCUT2D eigenvalue weighted by Gasteiger charge is -2.34. The van der Waals surface area contributed by atoms with Gasteiger partial charge in [-0.1, -0.05) is 6.92 Å². The van der Waals surface area contributed by atoms with Crippen molar-refractivity contribution in [2.24, 2.45) is 5.92 Å². The Kier molecular flexibility index (Phi) is 10.3. The normalized spacial score (nSPS) is 29.3. The van der Waals surface area contributed by atoms with Gasteiger partial charge in [0.2, 0.25) is 23.6 Å². The third-order valence-corrected chi connectivity index (χ3v) is 7.43. The molecule has 3 rings (SSSR count). The van der Waals surface area contributed by atoms with Crippen molar-refractivity contribution in [3.8, 4) is 0 Å². The summed E-state index contributed by atoms with van der Waals surface area (Å²) in [5.74, 6) is -2.78. The van der Waals surface area contributed by atoms with E-state index < -0.39 is 53.8 Å². The first-order valence-electron chi connectivity index (χ1n) is 13.5. The van der Waals surface area contributed by atoms with Gasteiger partial charge in [0.1, 0.15) is 30.8 Å². The molecule has 218 valence electrons. The lowest BCUT2D eigenvalue weighted by Crippen LogP contribution is -2.57. The number of esters is 2. The summed E-state index contributed by atoms with van der Waals surface area (Å²) in [7, 11) is 4.92. The number of amides is 4. The molecular formula is C26H41N5O8. The van der Waals surface area contributed by atoms with Crippen molar-refractivity contribution < 1.29 is 38.2 Å². The molecule has 5 unspecified atom stereocenters. The van der Waals surface area contributed by atoms with Crippen LogP contribution in [0.4, 0.5) is 0 Å². The van der Waals surface area contributed by atoms with Crippen molar-refractivity contribution in [1.29, 1.82) is 0 Å². The van der Waals surface area contributed by atoms with Crippen molar-refractivity contribution in [3.63, 3.8) is 0 Å². The molecule has 0 bridgehead atoms. The Morgan fingerprint density at radius 2 is 1.79 bits per heavy atom. The molecular weight excluding hydrogens is 510 g/mol. The zero-order valence-electron chi connectivity index (χ0n) is 23.5. The lowest BCUT2D eigenvalue weighted by atomic mass is 10.1. The summed E-state index contributed by atoms with van der Waals surface area (Å²) in [4.78, 5) is 83.9. The predicted octanol–water partition coefficient (Wildman–Crippen LogP) is -1.01. The molecule has 0 spiro atoms. The number of carbonyl (C=O) groups is 6. The van der Waals surface area contributed by atoms with E-state index in [2.05, 4.69) is 5.32 Å². The van der Waals surface area contributed by atoms with Crippen molar-refractivity contribution in [1.82, 2.24) is 24.9 Å². The minimum atomic E-state index is -1.05. The molecule has 3 saturated heterocycles. The van der Waals surface area contributed by atoms with Gasteiger partial charge >= 0.3 is 11.9 Å². The lowest BCUT2D eigenvalue weighted by molar-refractivity contribution is -0.156.